The number of ether oxygens (including phenoxy) is 1. The van der Waals surface area contributed by atoms with Crippen molar-refractivity contribution in [2.24, 2.45) is 10.8 Å². The van der Waals surface area contributed by atoms with E-state index in [1.54, 1.807) is 0 Å². The predicted molar refractivity (Wildman–Crippen MR) is 182 cm³/mol. The zero-order valence-corrected chi connectivity index (χ0v) is 28.1. The first kappa shape index (κ1) is 33.8. The molecule has 3 unspecified atom stereocenters. The van der Waals surface area contributed by atoms with Gasteiger partial charge in [0.05, 0.1) is 6.10 Å². The summed E-state index contributed by atoms with van der Waals surface area (Å²) in [5.74, 6) is 0. The van der Waals surface area contributed by atoms with Gasteiger partial charge in [-0.3, -0.25) is 0 Å². The van der Waals surface area contributed by atoms with Gasteiger partial charge in [-0.2, -0.15) is 0 Å². The molecule has 1 aliphatic heterocycles. The van der Waals surface area contributed by atoms with Gasteiger partial charge in [-0.05, 0) is 84.3 Å². The molecule has 1 heterocycles. The quantitative estimate of drug-likeness (QED) is 0.210. The van der Waals surface area contributed by atoms with Crippen LogP contribution < -0.4 is 0 Å². The van der Waals surface area contributed by atoms with E-state index in [0.717, 1.165) is 6.42 Å². The van der Waals surface area contributed by atoms with E-state index < -0.39 is 0 Å². The SMILES string of the molecule is CC1=C(/C=C/C(C)=C/C=C/C(C)=C/C=C/C=C(C)/C=C\C=C(C)/C=C/C23OC2(C)CC(O)CC3(C)C)C(C)(C)CCC1. The molecule has 1 saturated heterocycles. The molecular weight excluding hydrogens is 512 g/mol. The van der Waals surface area contributed by atoms with Crippen LogP contribution in [-0.2, 0) is 4.74 Å². The number of aliphatic hydroxyl groups excluding tert-OH is 1. The van der Waals surface area contributed by atoms with Crippen molar-refractivity contribution in [2.45, 2.75) is 119 Å². The molecule has 2 nitrogen and oxygen atoms in total. The fourth-order valence-corrected chi connectivity index (χ4v) is 6.89. The van der Waals surface area contributed by atoms with Crippen molar-refractivity contribution >= 4 is 0 Å². The molecule has 228 valence electrons. The summed E-state index contributed by atoms with van der Waals surface area (Å²) in [5.41, 5.74) is 7.55. The van der Waals surface area contributed by atoms with Crippen molar-refractivity contribution < 1.29 is 9.84 Å². The average Bonchev–Trinajstić information content (AvgIpc) is 3.50. The number of epoxide rings is 1. The van der Waals surface area contributed by atoms with Gasteiger partial charge in [0, 0.05) is 11.8 Å². The van der Waals surface area contributed by atoms with Crippen LogP contribution in [0.25, 0.3) is 0 Å². The number of rotatable bonds is 10. The van der Waals surface area contributed by atoms with Crippen LogP contribution in [0.1, 0.15) is 101 Å². The van der Waals surface area contributed by atoms with Crippen LogP contribution in [0.4, 0.5) is 0 Å². The second kappa shape index (κ2) is 13.7. The Morgan fingerprint density at radius 1 is 0.738 bits per heavy atom. The van der Waals surface area contributed by atoms with Crippen molar-refractivity contribution in [2.75, 3.05) is 0 Å². The largest absolute Gasteiger partial charge is 0.393 e. The first-order valence-electron chi connectivity index (χ1n) is 15.8. The molecule has 2 fully saturated rings. The third kappa shape index (κ3) is 8.45. The zero-order valence-electron chi connectivity index (χ0n) is 28.1. The summed E-state index contributed by atoms with van der Waals surface area (Å²) in [4.78, 5) is 0. The van der Waals surface area contributed by atoms with Crippen LogP contribution >= 0.6 is 0 Å². The van der Waals surface area contributed by atoms with Gasteiger partial charge < -0.3 is 9.84 Å². The van der Waals surface area contributed by atoms with E-state index in [0.29, 0.717) is 6.42 Å². The predicted octanol–water partition coefficient (Wildman–Crippen LogP) is 10.8. The average molecular weight is 569 g/mol. The smallest absolute Gasteiger partial charge is 0.121 e. The Bertz CT molecular complexity index is 1300. The molecule has 42 heavy (non-hydrogen) atoms. The molecule has 0 aromatic carbocycles. The summed E-state index contributed by atoms with van der Waals surface area (Å²) < 4.78 is 6.25. The van der Waals surface area contributed by atoms with Gasteiger partial charge in [-0.15, -0.1) is 0 Å². The molecule has 3 aliphatic rings. The lowest BCUT2D eigenvalue weighted by atomic mass is 9.63. The molecule has 0 radical (unpaired) electrons. The van der Waals surface area contributed by atoms with Gasteiger partial charge in [0.15, 0.2) is 0 Å². The van der Waals surface area contributed by atoms with E-state index in [1.165, 1.54) is 52.7 Å². The summed E-state index contributed by atoms with van der Waals surface area (Å²) in [6.45, 7) is 22.1. The van der Waals surface area contributed by atoms with Crippen molar-refractivity contribution in [1.29, 1.82) is 0 Å². The molecule has 0 amide bonds. The van der Waals surface area contributed by atoms with Crippen LogP contribution in [-0.4, -0.2) is 22.4 Å². The topological polar surface area (TPSA) is 32.8 Å². The minimum Gasteiger partial charge on any atom is -0.393 e. The Morgan fingerprint density at radius 2 is 1.26 bits per heavy atom. The maximum atomic E-state index is 10.2. The number of aliphatic hydroxyl groups is 1. The molecule has 0 aromatic rings. The highest BCUT2D eigenvalue weighted by Crippen LogP contribution is 2.66. The maximum Gasteiger partial charge on any atom is 0.121 e. The van der Waals surface area contributed by atoms with Crippen LogP contribution in [0.5, 0.6) is 0 Å². The number of hydrogen-bond donors (Lipinski definition) is 1. The van der Waals surface area contributed by atoms with E-state index in [4.69, 9.17) is 4.74 Å². The minimum absolute atomic E-state index is 0.0868. The van der Waals surface area contributed by atoms with Gasteiger partial charge in [0.25, 0.3) is 0 Å². The Morgan fingerprint density at radius 3 is 1.81 bits per heavy atom. The molecule has 0 spiro atoms. The lowest BCUT2D eigenvalue weighted by Gasteiger charge is -2.39. The fourth-order valence-electron chi connectivity index (χ4n) is 6.89. The summed E-state index contributed by atoms with van der Waals surface area (Å²) in [7, 11) is 0. The van der Waals surface area contributed by atoms with Crippen LogP contribution in [0.15, 0.2) is 119 Å². The molecule has 3 rings (SSSR count). The number of hydrogen-bond acceptors (Lipinski definition) is 2. The van der Waals surface area contributed by atoms with Crippen molar-refractivity contribution in [1.82, 2.24) is 0 Å². The molecule has 0 bridgehead atoms. The van der Waals surface area contributed by atoms with Gasteiger partial charge in [0.2, 0.25) is 0 Å². The molecule has 1 N–H and O–H groups in total. The highest BCUT2D eigenvalue weighted by Gasteiger charge is 2.74. The zero-order chi connectivity index (χ0) is 31.2. The molecule has 2 heteroatoms. The first-order chi connectivity index (χ1) is 19.6. The fraction of sp³-hybridized carbons (Fsp3) is 0.500. The molecule has 0 aromatic heterocycles. The van der Waals surface area contributed by atoms with Crippen molar-refractivity contribution in [3.63, 3.8) is 0 Å². The van der Waals surface area contributed by atoms with E-state index >= 15 is 0 Å². The van der Waals surface area contributed by atoms with E-state index in [9.17, 15) is 5.11 Å². The van der Waals surface area contributed by atoms with E-state index in [2.05, 4.69) is 154 Å². The number of allylic oxidation sites excluding steroid dienone is 19. The van der Waals surface area contributed by atoms with Crippen molar-refractivity contribution in [3.8, 4) is 0 Å². The highest BCUT2D eigenvalue weighted by molar-refractivity contribution is 5.38. The van der Waals surface area contributed by atoms with Crippen LogP contribution in [0, 0.1) is 10.8 Å². The van der Waals surface area contributed by atoms with Gasteiger partial charge in [0.1, 0.15) is 11.2 Å². The summed E-state index contributed by atoms with van der Waals surface area (Å²) in [5, 5.41) is 10.2. The van der Waals surface area contributed by atoms with Crippen molar-refractivity contribution in [3.05, 3.63) is 119 Å². The van der Waals surface area contributed by atoms with Gasteiger partial charge in [-0.25, -0.2) is 0 Å². The lowest BCUT2D eigenvalue weighted by Crippen LogP contribution is -2.46. The molecule has 2 aliphatic carbocycles. The minimum atomic E-state index is -0.283. The third-order valence-electron chi connectivity index (χ3n) is 9.41. The molecular formula is C40H56O2. The Balaban J connectivity index is 1.49. The standard InChI is InChI=1S/C40H56O2/c1-30(18-13-20-32(3)23-24-36-34(5)22-15-26-37(36,6)7)16-11-12-17-31(2)19-14-21-33(4)25-27-40-38(8,9)28-35(41)29-39(40,10)42-40/h11-14,16-21,23-25,27,35,41H,15,22,26,28-29H2,1-10H3/b12-11+,18-13+,19-14-,24-23+,27-25+,30-16+,31-17+,32-20+,33-21-. The van der Waals surface area contributed by atoms with Crippen LogP contribution in [0.2, 0.25) is 0 Å². The summed E-state index contributed by atoms with van der Waals surface area (Å²) in [6.07, 6.45) is 35.2. The normalized spacial score (nSPS) is 31.0. The van der Waals surface area contributed by atoms with E-state index in [-0.39, 0.29) is 28.1 Å². The molecule has 1 saturated carbocycles. The van der Waals surface area contributed by atoms with Gasteiger partial charge in [-0.1, -0.05) is 135 Å². The van der Waals surface area contributed by atoms with Gasteiger partial charge >= 0.3 is 0 Å². The summed E-state index contributed by atoms with van der Waals surface area (Å²) in [6, 6.07) is 0. The lowest BCUT2D eigenvalue weighted by molar-refractivity contribution is 0.0515. The Labute approximate surface area is 257 Å². The number of fused-ring (bicyclic) bond motifs is 1. The second-order valence-corrected chi connectivity index (χ2v) is 14.4. The Hall–Kier alpha value is -2.68. The monoisotopic (exact) mass is 568 g/mol. The van der Waals surface area contributed by atoms with Crippen LogP contribution in [0.3, 0.4) is 0 Å². The highest BCUT2D eigenvalue weighted by atomic mass is 16.6. The first-order valence-corrected chi connectivity index (χ1v) is 15.8. The van der Waals surface area contributed by atoms with E-state index in [1.807, 2.05) is 0 Å². The second-order valence-electron chi connectivity index (χ2n) is 14.4. The Kier molecular flexibility index (Phi) is 11.1. The summed E-state index contributed by atoms with van der Waals surface area (Å²) >= 11 is 0. The maximum absolute atomic E-state index is 10.2. The molecule has 3 atom stereocenters. The third-order valence-corrected chi connectivity index (χ3v) is 9.41.